The Morgan fingerprint density at radius 1 is 1.29 bits per heavy atom. The number of hydrogen-bond acceptors (Lipinski definition) is 3. The molecule has 1 N–H and O–H groups in total. The Morgan fingerprint density at radius 3 is 2.71 bits per heavy atom. The molecular formula is C23H32N2O3. The number of hydrogen-bond donors (Lipinski definition) is 1. The van der Waals surface area contributed by atoms with Crippen molar-refractivity contribution in [1.82, 2.24) is 10.2 Å². The molecule has 2 bridgehead atoms. The van der Waals surface area contributed by atoms with Crippen molar-refractivity contribution in [3.05, 3.63) is 34.9 Å². The summed E-state index contributed by atoms with van der Waals surface area (Å²) in [5, 5.41) is 3.13. The number of amides is 2. The first-order valence-corrected chi connectivity index (χ1v) is 10.4. The molecule has 5 nitrogen and oxygen atoms in total. The van der Waals surface area contributed by atoms with Gasteiger partial charge in [0.15, 0.2) is 0 Å². The summed E-state index contributed by atoms with van der Waals surface area (Å²) in [6.45, 7) is 11.9. The van der Waals surface area contributed by atoms with Gasteiger partial charge < -0.3 is 15.0 Å². The van der Waals surface area contributed by atoms with Crippen LogP contribution in [0, 0.1) is 31.1 Å². The second-order valence-electron chi connectivity index (χ2n) is 9.99. The standard InChI is InChI=1S/C23H32N2O3/c1-14-6-7-16(15(2)10-14)20(26)25-12-18-17(11-24-21(27)22(3,4)5)19-8-9-23(18,13-25)28-19/h6-7,10,17-19H,8-9,11-13H2,1-5H3,(H,24,27)/t17-,18+,19+,23+/m0/s1. The highest BCUT2D eigenvalue weighted by molar-refractivity contribution is 5.96. The maximum absolute atomic E-state index is 13.2. The average Bonchev–Trinajstić information content (AvgIpc) is 3.26. The van der Waals surface area contributed by atoms with Crippen LogP contribution < -0.4 is 5.32 Å². The molecule has 4 rings (SSSR count). The van der Waals surface area contributed by atoms with Gasteiger partial charge in [0.25, 0.3) is 5.91 Å². The molecule has 28 heavy (non-hydrogen) atoms. The highest BCUT2D eigenvalue weighted by Crippen LogP contribution is 2.54. The zero-order valence-corrected chi connectivity index (χ0v) is 17.7. The maximum Gasteiger partial charge on any atom is 0.254 e. The molecule has 152 valence electrons. The highest BCUT2D eigenvalue weighted by atomic mass is 16.5. The van der Waals surface area contributed by atoms with Gasteiger partial charge >= 0.3 is 0 Å². The molecule has 0 radical (unpaired) electrons. The lowest BCUT2D eigenvalue weighted by atomic mass is 9.73. The second-order valence-corrected chi connectivity index (χ2v) is 9.99. The molecule has 5 heteroatoms. The second kappa shape index (κ2) is 6.58. The van der Waals surface area contributed by atoms with Gasteiger partial charge in [-0.25, -0.2) is 0 Å². The van der Waals surface area contributed by atoms with Crippen LogP contribution in [-0.2, 0) is 9.53 Å². The van der Waals surface area contributed by atoms with Crippen LogP contribution in [0.2, 0.25) is 0 Å². The number of nitrogens with one attached hydrogen (secondary N) is 1. The van der Waals surface area contributed by atoms with Crippen molar-refractivity contribution in [2.24, 2.45) is 17.3 Å². The summed E-state index contributed by atoms with van der Waals surface area (Å²) < 4.78 is 6.43. The van der Waals surface area contributed by atoms with Crippen molar-refractivity contribution in [2.75, 3.05) is 19.6 Å². The zero-order chi connectivity index (χ0) is 20.3. The SMILES string of the molecule is Cc1ccc(C(=O)N2C[C@@H]3[C@H](CNC(=O)C(C)(C)C)[C@H]4CC[C@]3(C2)O4)c(C)c1. The fourth-order valence-electron chi connectivity index (χ4n) is 5.32. The largest absolute Gasteiger partial charge is 0.369 e. The first-order valence-electron chi connectivity index (χ1n) is 10.4. The Labute approximate surface area is 167 Å². The summed E-state index contributed by atoms with van der Waals surface area (Å²) in [5.41, 5.74) is 2.38. The number of nitrogens with zero attached hydrogens (tertiary/aromatic N) is 1. The summed E-state index contributed by atoms with van der Waals surface area (Å²) in [7, 11) is 0. The predicted molar refractivity (Wildman–Crippen MR) is 108 cm³/mol. The van der Waals surface area contributed by atoms with Crippen LogP contribution in [-0.4, -0.2) is 48.1 Å². The Bertz CT molecular complexity index is 813. The molecule has 0 aliphatic carbocycles. The lowest BCUT2D eigenvalue weighted by Gasteiger charge is -2.30. The van der Waals surface area contributed by atoms with Gasteiger partial charge in [0.2, 0.25) is 5.91 Å². The molecule has 0 saturated carbocycles. The third-order valence-corrected chi connectivity index (χ3v) is 6.86. The van der Waals surface area contributed by atoms with Crippen molar-refractivity contribution in [3.8, 4) is 0 Å². The lowest BCUT2D eigenvalue weighted by Crippen LogP contribution is -2.44. The third-order valence-electron chi connectivity index (χ3n) is 6.86. The molecule has 2 amide bonds. The molecule has 3 heterocycles. The van der Waals surface area contributed by atoms with Gasteiger partial charge in [-0.2, -0.15) is 0 Å². The van der Waals surface area contributed by atoms with Crippen LogP contribution in [0.4, 0.5) is 0 Å². The zero-order valence-electron chi connectivity index (χ0n) is 17.7. The molecule has 3 saturated heterocycles. The molecule has 1 aromatic rings. The van der Waals surface area contributed by atoms with Gasteiger partial charge in [0.1, 0.15) is 0 Å². The minimum atomic E-state index is -0.392. The first-order chi connectivity index (χ1) is 13.1. The van der Waals surface area contributed by atoms with E-state index in [4.69, 9.17) is 4.74 Å². The van der Waals surface area contributed by atoms with E-state index in [1.807, 2.05) is 51.7 Å². The normalized spacial score (nSPS) is 31.2. The number of carbonyl (C=O) groups is 2. The van der Waals surface area contributed by atoms with E-state index in [0.29, 0.717) is 19.0 Å². The van der Waals surface area contributed by atoms with E-state index in [1.165, 1.54) is 5.56 Å². The molecule has 1 aromatic carbocycles. The van der Waals surface area contributed by atoms with E-state index in [1.54, 1.807) is 0 Å². The van der Waals surface area contributed by atoms with Crippen LogP contribution in [0.1, 0.15) is 55.1 Å². The predicted octanol–water partition coefficient (Wildman–Crippen LogP) is 3.09. The van der Waals surface area contributed by atoms with Gasteiger partial charge in [-0.3, -0.25) is 9.59 Å². The fourth-order valence-corrected chi connectivity index (χ4v) is 5.32. The molecular weight excluding hydrogens is 352 g/mol. The van der Waals surface area contributed by atoms with Crippen LogP contribution in [0.25, 0.3) is 0 Å². The van der Waals surface area contributed by atoms with Crippen LogP contribution in [0.15, 0.2) is 18.2 Å². The highest BCUT2D eigenvalue weighted by Gasteiger charge is 2.63. The third kappa shape index (κ3) is 3.14. The van der Waals surface area contributed by atoms with E-state index < -0.39 is 5.41 Å². The van der Waals surface area contributed by atoms with E-state index in [-0.39, 0.29) is 29.4 Å². The van der Waals surface area contributed by atoms with Gasteiger partial charge in [-0.1, -0.05) is 38.5 Å². The molecule has 3 fully saturated rings. The minimum Gasteiger partial charge on any atom is -0.369 e. The minimum absolute atomic E-state index is 0.0746. The van der Waals surface area contributed by atoms with Crippen molar-refractivity contribution >= 4 is 11.8 Å². The van der Waals surface area contributed by atoms with E-state index in [0.717, 1.165) is 30.5 Å². The van der Waals surface area contributed by atoms with E-state index >= 15 is 0 Å². The number of ether oxygens (including phenoxy) is 1. The number of benzene rings is 1. The van der Waals surface area contributed by atoms with Crippen molar-refractivity contribution < 1.29 is 14.3 Å². The van der Waals surface area contributed by atoms with Crippen molar-refractivity contribution in [2.45, 2.75) is 59.2 Å². The summed E-state index contributed by atoms with van der Waals surface area (Å²) in [4.78, 5) is 27.5. The number of aryl methyl sites for hydroxylation is 2. The molecule has 4 atom stereocenters. The van der Waals surface area contributed by atoms with Gasteiger partial charge in [0, 0.05) is 35.9 Å². The molecule has 3 aliphatic heterocycles. The monoisotopic (exact) mass is 384 g/mol. The fraction of sp³-hybridized carbons (Fsp3) is 0.652. The van der Waals surface area contributed by atoms with E-state index in [9.17, 15) is 9.59 Å². The van der Waals surface area contributed by atoms with Gasteiger partial charge in [-0.15, -0.1) is 0 Å². The smallest absolute Gasteiger partial charge is 0.254 e. The number of carbonyl (C=O) groups excluding carboxylic acids is 2. The molecule has 1 spiro atoms. The van der Waals surface area contributed by atoms with Crippen LogP contribution in [0.5, 0.6) is 0 Å². The Kier molecular flexibility index (Phi) is 4.57. The Hall–Kier alpha value is -1.88. The number of rotatable bonds is 3. The maximum atomic E-state index is 13.2. The first kappa shape index (κ1) is 19.4. The van der Waals surface area contributed by atoms with Crippen LogP contribution in [0.3, 0.4) is 0 Å². The molecule has 3 aliphatic rings. The van der Waals surface area contributed by atoms with Gasteiger partial charge in [0.05, 0.1) is 18.2 Å². The lowest BCUT2D eigenvalue weighted by molar-refractivity contribution is -0.128. The number of fused-ring (bicyclic) bond motifs is 1. The topological polar surface area (TPSA) is 58.6 Å². The van der Waals surface area contributed by atoms with E-state index in [2.05, 4.69) is 11.4 Å². The molecule has 0 unspecified atom stereocenters. The summed E-state index contributed by atoms with van der Waals surface area (Å²) in [6, 6.07) is 6.01. The van der Waals surface area contributed by atoms with Crippen molar-refractivity contribution in [1.29, 1.82) is 0 Å². The average molecular weight is 385 g/mol. The molecule has 0 aromatic heterocycles. The van der Waals surface area contributed by atoms with Crippen LogP contribution >= 0.6 is 0 Å². The Morgan fingerprint density at radius 2 is 2.04 bits per heavy atom. The summed E-state index contributed by atoms with van der Waals surface area (Å²) in [5.74, 6) is 0.773. The van der Waals surface area contributed by atoms with Crippen molar-refractivity contribution in [3.63, 3.8) is 0 Å². The summed E-state index contributed by atoms with van der Waals surface area (Å²) >= 11 is 0. The number of likely N-dealkylation sites (tertiary alicyclic amines) is 1. The summed E-state index contributed by atoms with van der Waals surface area (Å²) in [6.07, 6.45) is 2.25. The Balaban J connectivity index is 1.49. The van der Waals surface area contributed by atoms with Gasteiger partial charge in [-0.05, 0) is 38.3 Å². The quantitative estimate of drug-likeness (QED) is 0.871.